The molecule has 0 atom stereocenters. The van der Waals surface area contributed by atoms with E-state index in [1.807, 2.05) is 0 Å². The Kier molecular flexibility index (Phi) is 3.60. The van der Waals surface area contributed by atoms with Crippen LogP contribution in [0.4, 0.5) is 0 Å². The lowest BCUT2D eigenvalue weighted by Crippen LogP contribution is -2.14. The van der Waals surface area contributed by atoms with Crippen molar-refractivity contribution in [1.29, 1.82) is 0 Å². The van der Waals surface area contributed by atoms with Crippen molar-refractivity contribution in [3.63, 3.8) is 0 Å². The summed E-state index contributed by atoms with van der Waals surface area (Å²) in [6.07, 6.45) is 2.34. The van der Waals surface area contributed by atoms with Crippen LogP contribution >= 0.6 is 0 Å². The predicted octanol–water partition coefficient (Wildman–Crippen LogP) is 4.93. The zero-order valence-electron chi connectivity index (χ0n) is 11.9. The van der Waals surface area contributed by atoms with Gasteiger partial charge in [0, 0.05) is 16.8 Å². The number of aromatic amines is 1. The van der Waals surface area contributed by atoms with Crippen molar-refractivity contribution in [2.24, 2.45) is 0 Å². The van der Waals surface area contributed by atoms with Crippen molar-refractivity contribution in [3.8, 4) is 11.3 Å². The van der Waals surface area contributed by atoms with Crippen molar-refractivity contribution in [3.05, 3.63) is 47.7 Å². The van der Waals surface area contributed by atoms with Crippen LogP contribution in [0.15, 0.2) is 36.4 Å². The quantitative estimate of drug-likeness (QED) is 0.784. The third kappa shape index (κ3) is 2.66. The Morgan fingerprint density at radius 1 is 1.06 bits per heavy atom. The highest BCUT2D eigenvalue weighted by Gasteiger charge is 2.20. The summed E-state index contributed by atoms with van der Waals surface area (Å²) in [5, 5.41) is 0. The van der Waals surface area contributed by atoms with E-state index in [2.05, 4.69) is 69.1 Å². The molecule has 0 saturated heterocycles. The Labute approximate surface area is 110 Å². The maximum atomic E-state index is 3.62. The van der Waals surface area contributed by atoms with Gasteiger partial charge in [0.2, 0.25) is 0 Å². The van der Waals surface area contributed by atoms with Gasteiger partial charge in [-0.3, -0.25) is 0 Å². The molecule has 1 heterocycles. The summed E-state index contributed by atoms with van der Waals surface area (Å²) in [6, 6.07) is 12.9. The number of hydrogen-bond acceptors (Lipinski definition) is 0. The van der Waals surface area contributed by atoms with E-state index in [1.54, 1.807) is 0 Å². The first kappa shape index (κ1) is 12.9. The number of benzene rings is 1. The van der Waals surface area contributed by atoms with Crippen molar-refractivity contribution < 1.29 is 0 Å². The summed E-state index contributed by atoms with van der Waals surface area (Å²) < 4.78 is 0. The van der Waals surface area contributed by atoms with Gasteiger partial charge in [0.05, 0.1) is 0 Å². The van der Waals surface area contributed by atoms with Crippen molar-refractivity contribution in [2.45, 2.75) is 46.0 Å². The molecule has 0 fully saturated rings. The van der Waals surface area contributed by atoms with E-state index in [9.17, 15) is 0 Å². The van der Waals surface area contributed by atoms with Crippen LogP contribution in [0.5, 0.6) is 0 Å². The number of H-pyrrole nitrogens is 1. The molecule has 0 aliphatic rings. The highest BCUT2D eigenvalue weighted by molar-refractivity contribution is 5.61. The largest absolute Gasteiger partial charge is 0.358 e. The molecule has 0 aliphatic carbocycles. The van der Waals surface area contributed by atoms with Gasteiger partial charge in [-0.2, -0.15) is 0 Å². The molecule has 1 nitrogen and oxygen atoms in total. The monoisotopic (exact) mass is 241 g/mol. The van der Waals surface area contributed by atoms with Gasteiger partial charge in [-0.1, -0.05) is 64.4 Å². The van der Waals surface area contributed by atoms with Gasteiger partial charge >= 0.3 is 0 Å². The van der Waals surface area contributed by atoms with Gasteiger partial charge in [-0.15, -0.1) is 0 Å². The van der Waals surface area contributed by atoms with Crippen LogP contribution < -0.4 is 0 Å². The number of nitrogens with one attached hydrogen (secondary N) is 1. The lowest BCUT2D eigenvalue weighted by Gasteiger charge is -2.19. The Bertz CT molecular complexity index is 500. The molecule has 1 N–H and O–H groups in total. The van der Waals surface area contributed by atoms with Gasteiger partial charge in [-0.25, -0.2) is 0 Å². The molecule has 1 heteroatoms. The van der Waals surface area contributed by atoms with E-state index in [0.717, 1.165) is 6.42 Å². The molecule has 0 saturated carbocycles. The van der Waals surface area contributed by atoms with E-state index < -0.39 is 0 Å². The SMILES string of the molecule is CCCc1cc(-c2ccccc2)[nH]c1C(C)(C)C. The van der Waals surface area contributed by atoms with Crippen LogP contribution in [-0.2, 0) is 11.8 Å². The average Bonchev–Trinajstić information content (AvgIpc) is 2.75. The molecule has 2 aromatic rings. The normalized spacial score (nSPS) is 11.8. The molecule has 0 bridgehead atoms. The van der Waals surface area contributed by atoms with E-state index in [-0.39, 0.29) is 5.41 Å². The number of hydrogen-bond donors (Lipinski definition) is 1. The number of rotatable bonds is 3. The minimum Gasteiger partial charge on any atom is -0.358 e. The fourth-order valence-electron chi connectivity index (χ4n) is 2.41. The molecular formula is C17H23N. The summed E-state index contributed by atoms with van der Waals surface area (Å²) in [5.74, 6) is 0. The van der Waals surface area contributed by atoms with E-state index in [4.69, 9.17) is 0 Å². The van der Waals surface area contributed by atoms with Crippen LogP contribution in [-0.4, -0.2) is 4.98 Å². The van der Waals surface area contributed by atoms with Gasteiger partial charge < -0.3 is 4.98 Å². The molecule has 0 aliphatic heterocycles. The van der Waals surface area contributed by atoms with Gasteiger partial charge in [0.15, 0.2) is 0 Å². The second kappa shape index (κ2) is 5.01. The van der Waals surface area contributed by atoms with Gasteiger partial charge in [0.1, 0.15) is 0 Å². The van der Waals surface area contributed by atoms with Crippen molar-refractivity contribution >= 4 is 0 Å². The van der Waals surface area contributed by atoms with Crippen LogP contribution in [0.1, 0.15) is 45.4 Å². The Morgan fingerprint density at radius 3 is 2.28 bits per heavy atom. The minimum absolute atomic E-state index is 0.178. The summed E-state index contributed by atoms with van der Waals surface area (Å²) in [6.45, 7) is 9.05. The minimum atomic E-state index is 0.178. The summed E-state index contributed by atoms with van der Waals surface area (Å²) in [7, 11) is 0. The molecule has 2 rings (SSSR count). The standard InChI is InChI=1S/C17H23N/c1-5-9-14-12-15(13-10-7-6-8-11-13)18-16(14)17(2,3)4/h6-8,10-12,18H,5,9H2,1-4H3. The van der Waals surface area contributed by atoms with Crippen LogP contribution in [0.2, 0.25) is 0 Å². The predicted molar refractivity (Wildman–Crippen MR) is 78.9 cm³/mol. The van der Waals surface area contributed by atoms with E-state index >= 15 is 0 Å². The molecule has 0 spiro atoms. The number of aromatic nitrogens is 1. The third-order valence-electron chi connectivity index (χ3n) is 3.25. The lowest BCUT2D eigenvalue weighted by molar-refractivity contribution is 0.565. The Morgan fingerprint density at radius 2 is 1.72 bits per heavy atom. The van der Waals surface area contributed by atoms with Crippen molar-refractivity contribution in [2.75, 3.05) is 0 Å². The highest BCUT2D eigenvalue weighted by Crippen LogP contribution is 2.30. The van der Waals surface area contributed by atoms with Crippen molar-refractivity contribution in [1.82, 2.24) is 4.98 Å². The second-order valence-electron chi connectivity index (χ2n) is 5.95. The lowest BCUT2D eigenvalue weighted by atomic mass is 9.88. The molecule has 1 aromatic carbocycles. The van der Waals surface area contributed by atoms with Gasteiger partial charge in [-0.05, 0) is 23.6 Å². The number of aryl methyl sites for hydroxylation is 1. The molecule has 96 valence electrons. The zero-order chi connectivity index (χ0) is 13.2. The Hall–Kier alpha value is -1.50. The molecule has 0 amide bonds. The molecular weight excluding hydrogens is 218 g/mol. The molecule has 1 aromatic heterocycles. The molecule has 18 heavy (non-hydrogen) atoms. The third-order valence-corrected chi connectivity index (χ3v) is 3.25. The first-order valence-electron chi connectivity index (χ1n) is 6.80. The highest BCUT2D eigenvalue weighted by atomic mass is 14.8. The van der Waals surface area contributed by atoms with E-state index in [0.29, 0.717) is 0 Å². The summed E-state index contributed by atoms with van der Waals surface area (Å²) >= 11 is 0. The summed E-state index contributed by atoms with van der Waals surface area (Å²) in [5.41, 5.74) is 5.53. The van der Waals surface area contributed by atoms with E-state index in [1.165, 1.54) is 28.9 Å². The average molecular weight is 241 g/mol. The Balaban J connectivity index is 2.46. The maximum Gasteiger partial charge on any atom is 0.0459 e. The second-order valence-corrected chi connectivity index (χ2v) is 5.95. The summed E-state index contributed by atoms with van der Waals surface area (Å²) in [4.78, 5) is 3.62. The fraction of sp³-hybridized carbons (Fsp3) is 0.412. The van der Waals surface area contributed by atoms with Crippen LogP contribution in [0, 0.1) is 0 Å². The first-order valence-corrected chi connectivity index (χ1v) is 6.80. The smallest absolute Gasteiger partial charge is 0.0459 e. The van der Waals surface area contributed by atoms with Crippen LogP contribution in [0.25, 0.3) is 11.3 Å². The first-order chi connectivity index (χ1) is 8.52. The maximum absolute atomic E-state index is 3.62. The van der Waals surface area contributed by atoms with Gasteiger partial charge in [0.25, 0.3) is 0 Å². The molecule has 0 unspecified atom stereocenters. The molecule has 0 radical (unpaired) electrons. The van der Waals surface area contributed by atoms with Crippen LogP contribution in [0.3, 0.4) is 0 Å². The topological polar surface area (TPSA) is 15.8 Å². The zero-order valence-corrected chi connectivity index (χ0v) is 11.9. The fourth-order valence-corrected chi connectivity index (χ4v) is 2.41.